The minimum atomic E-state index is 0.453. The predicted molar refractivity (Wildman–Crippen MR) is 227 cm³/mol. The highest BCUT2D eigenvalue weighted by Gasteiger charge is 2.21. The zero-order valence-corrected chi connectivity index (χ0v) is 29.6. The third-order valence-corrected chi connectivity index (χ3v) is 9.93. The summed E-state index contributed by atoms with van der Waals surface area (Å²) < 4.78 is 6.39. The molecule has 0 aliphatic heterocycles. The first kappa shape index (κ1) is 32.7. The highest BCUT2D eigenvalue weighted by atomic mass is 16.3. The molecule has 0 N–H and O–H groups in total. The maximum atomic E-state index is 6.39. The number of hydrogen-bond acceptors (Lipinski definition) is 2. The van der Waals surface area contributed by atoms with Crippen LogP contribution in [-0.4, -0.2) is 18.4 Å². The van der Waals surface area contributed by atoms with Crippen LogP contribution in [-0.2, 0) is 6.54 Å². The lowest BCUT2D eigenvalue weighted by Crippen LogP contribution is -2.07. The Bertz CT molecular complexity index is 2830. The van der Waals surface area contributed by atoms with Crippen molar-refractivity contribution < 1.29 is 4.42 Å². The third kappa shape index (κ3) is 6.31. The lowest BCUT2D eigenvalue weighted by Gasteiger charge is -2.13. The number of amidine groups is 2. The van der Waals surface area contributed by atoms with E-state index in [-0.39, 0.29) is 0 Å². The molecule has 0 fully saturated rings. The second-order valence-corrected chi connectivity index (χ2v) is 13.2. The Morgan fingerprint density at radius 3 is 1.83 bits per heavy atom. The molecule has 0 saturated heterocycles. The van der Waals surface area contributed by atoms with Crippen molar-refractivity contribution in [1.82, 2.24) is 0 Å². The first-order chi connectivity index (χ1) is 26.7. The van der Waals surface area contributed by atoms with Gasteiger partial charge in [0, 0.05) is 21.9 Å². The molecular formula is C50H35N3O. The summed E-state index contributed by atoms with van der Waals surface area (Å²) in [5, 5.41) is 4.38. The first-order valence-electron chi connectivity index (χ1n) is 18.1. The Balaban J connectivity index is 1.17. The quantitative estimate of drug-likeness (QED) is 0.121. The van der Waals surface area contributed by atoms with Crippen LogP contribution >= 0.6 is 0 Å². The van der Waals surface area contributed by atoms with Crippen LogP contribution < -0.4 is 0 Å². The maximum absolute atomic E-state index is 6.39. The van der Waals surface area contributed by atoms with Crippen molar-refractivity contribution in [2.75, 3.05) is 0 Å². The lowest BCUT2D eigenvalue weighted by molar-refractivity contribution is 0.669. The number of aliphatic imine (C=N–C) groups is 3. The zero-order chi connectivity index (χ0) is 36.3. The Morgan fingerprint density at radius 1 is 0.463 bits per heavy atom. The molecule has 0 bridgehead atoms. The van der Waals surface area contributed by atoms with Crippen LogP contribution in [0.4, 0.5) is 0 Å². The summed E-state index contributed by atoms with van der Waals surface area (Å²) >= 11 is 0. The van der Waals surface area contributed by atoms with Gasteiger partial charge < -0.3 is 4.42 Å². The van der Waals surface area contributed by atoms with Crippen molar-refractivity contribution in [2.24, 2.45) is 15.0 Å². The fourth-order valence-corrected chi connectivity index (χ4v) is 7.24. The summed E-state index contributed by atoms with van der Waals surface area (Å²) in [6, 6.07) is 64.9. The van der Waals surface area contributed by atoms with Gasteiger partial charge in [-0.1, -0.05) is 170 Å². The maximum Gasteiger partial charge on any atom is 0.162 e. The van der Waals surface area contributed by atoms with Crippen LogP contribution in [0, 0.1) is 0 Å². The molecule has 1 aromatic heterocycles. The topological polar surface area (TPSA) is 50.2 Å². The molecule has 0 saturated carbocycles. The van der Waals surface area contributed by atoms with Crippen LogP contribution in [0.1, 0.15) is 16.7 Å². The summed E-state index contributed by atoms with van der Waals surface area (Å²) in [5.74, 6) is 1.05. The van der Waals surface area contributed by atoms with E-state index >= 15 is 0 Å². The standard InChI is InChI=1S/C50H35N3O/c1-51-50(53-49(40-16-6-3-7-17-40)52-33-34-23-25-36(26-24-34)35-13-4-2-5-14-35)48-43(31-32-46-47(48)44-20-10-11-22-45(44)54-46)39-29-27-38(28-30-39)42-21-12-18-37-15-8-9-19-41(37)42/h2-32H,1,33H2/b52-49-,53-50-. The average molecular weight is 694 g/mol. The molecule has 9 aromatic rings. The van der Waals surface area contributed by atoms with E-state index in [1.807, 2.05) is 60.7 Å². The highest BCUT2D eigenvalue weighted by molar-refractivity contribution is 6.24. The predicted octanol–water partition coefficient (Wildman–Crippen LogP) is 12.8. The van der Waals surface area contributed by atoms with Crippen LogP contribution in [0.2, 0.25) is 0 Å². The lowest BCUT2D eigenvalue weighted by atomic mass is 9.92. The number of nitrogens with zero attached hydrogens (tertiary/aromatic N) is 3. The molecule has 0 atom stereocenters. The van der Waals surface area contributed by atoms with Gasteiger partial charge in [0.1, 0.15) is 11.2 Å². The van der Waals surface area contributed by atoms with Crippen molar-refractivity contribution in [3.8, 4) is 33.4 Å². The van der Waals surface area contributed by atoms with E-state index in [1.54, 1.807) is 0 Å². The number of fused-ring (bicyclic) bond motifs is 4. The average Bonchev–Trinajstić information content (AvgIpc) is 3.63. The molecule has 0 aliphatic rings. The fraction of sp³-hybridized carbons (Fsp3) is 0.0200. The zero-order valence-electron chi connectivity index (χ0n) is 29.6. The van der Waals surface area contributed by atoms with Crippen LogP contribution in [0.25, 0.3) is 66.1 Å². The van der Waals surface area contributed by atoms with E-state index in [4.69, 9.17) is 14.4 Å². The molecule has 0 spiro atoms. The van der Waals surface area contributed by atoms with Gasteiger partial charge >= 0.3 is 0 Å². The number of para-hydroxylation sites is 1. The normalized spacial score (nSPS) is 12.1. The van der Waals surface area contributed by atoms with Crippen LogP contribution in [0.3, 0.4) is 0 Å². The van der Waals surface area contributed by atoms with Crippen LogP contribution in [0.5, 0.6) is 0 Å². The van der Waals surface area contributed by atoms with E-state index in [0.717, 1.165) is 55.3 Å². The monoisotopic (exact) mass is 693 g/mol. The Hall–Kier alpha value is -7.17. The molecule has 4 nitrogen and oxygen atoms in total. The number of furan rings is 1. The van der Waals surface area contributed by atoms with Gasteiger partial charge in [-0.05, 0) is 74.6 Å². The first-order valence-corrected chi connectivity index (χ1v) is 18.1. The summed E-state index contributed by atoms with van der Waals surface area (Å²) in [5.41, 5.74) is 11.1. The van der Waals surface area contributed by atoms with Crippen molar-refractivity contribution >= 4 is 51.1 Å². The van der Waals surface area contributed by atoms with Gasteiger partial charge in [-0.25, -0.2) is 9.98 Å². The fourth-order valence-electron chi connectivity index (χ4n) is 7.24. The molecule has 0 aliphatic carbocycles. The van der Waals surface area contributed by atoms with Crippen molar-refractivity contribution in [2.45, 2.75) is 6.54 Å². The highest BCUT2D eigenvalue weighted by Crippen LogP contribution is 2.39. The molecular weight excluding hydrogens is 659 g/mol. The summed E-state index contributed by atoms with van der Waals surface area (Å²) in [6.07, 6.45) is 0. The molecule has 54 heavy (non-hydrogen) atoms. The summed E-state index contributed by atoms with van der Waals surface area (Å²) in [4.78, 5) is 15.0. The number of rotatable bonds is 7. The Kier molecular flexibility index (Phi) is 8.76. The van der Waals surface area contributed by atoms with Gasteiger partial charge in [0.25, 0.3) is 0 Å². The molecule has 9 rings (SSSR count). The second-order valence-electron chi connectivity index (χ2n) is 13.2. The molecule has 8 aromatic carbocycles. The molecule has 0 amide bonds. The Morgan fingerprint density at radius 2 is 1.07 bits per heavy atom. The van der Waals surface area contributed by atoms with Gasteiger partial charge in [-0.3, -0.25) is 4.99 Å². The SMILES string of the molecule is C=N/C(=N\C(=N/Cc1ccc(-c2ccccc2)cc1)c1ccccc1)c1c(-c2ccc(-c3cccc4ccccc34)cc2)ccc2oc3ccccc3c12. The molecule has 256 valence electrons. The van der Waals surface area contributed by atoms with Gasteiger partial charge in [-0.2, -0.15) is 0 Å². The van der Waals surface area contributed by atoms with E-state index < -0.39 is 0 Å². The van der Waals surface area contributed by atoms with Gasteiger partial charge in [-0.15, -0.1) is 0 Å². The minimum Gasteiger partial charge on any atom is -0.456 e. The smallest absolute Gasteiger partial charge is 0.162 e. The van der Waals surface area contributed by atoms with Crippen molar-refractivity contribution in [3.63, 3.8) is 0 Å². The molecule has 4 heteroatoms. The summed E-state index contributed by atoms with van der Waals surface area (Å²) in [7, 11) is 0. The third-order valence-electron chi connectivity index (χ3n) is 9.93. The molecule has 0 unspecified atom stereocenters. The minimum absolute atomic E-state index is 0.453. The number of benzene rings is 8. The molecule has 0 radical (unpaired) electrons. The van der Waals surface area contributed by atoms with E-state index in [9.17, 15) is 0 Å². The molecule has 1 heterocycles. The van der Waals surface area contributed by atoms with Crippen LogP contribution in [0.15, 0.2) is 207 Å². The van der Waals surface area contributed by atoms with Crippen molar-refractivity contribution in [1.29, 1.82) is 0 Å². The number of hydrogen-bond donors (Lipinski definition) is 0. The van der Waals surface area contributed by atoms with Gasteiger partial charge in [0.15, 0.2) is 11.7 Å². The van der Waals surface area contributed by atoms with E-state index in [0.29, 0.717) is 18.2 Å². The van der Waals surface area contributed by atoms with E-state index in [1.165, 1.54) is 27.5 Å². The Labute approximate surface area is 314 Å². The summed E-state index contributed by atoms with van der Waals surface area (Å²) in [6.45, 7) is 4.52. The van der Waals surface area contributed by atoms with Gasteiger partial charge in [0.05, 0.1) is 6.54 Å². The largest absolute Gasteiger partial charge is 0.456 e. The second kappa shape index (κ2) is 14.5. The van der Waals surface area contributed by atoms with Crippen molar-refractivity contribution in [3.05, 3.63) is 205 Å². The van der Waals surface area contributed by atoms with E-state index in [2.05, 4.69) is 139 Å². The van der Waals surface area contributed by atoms with Gasteiger partial charge in [0.2, 0.25) is 0 Å².